The summed E-state index contributed by atoms with van der Waals surface area (Å²) in [5.41, 5.74) is 5.89. The molecule has 0 aliphatic rings. The predicted octanol–water partition coefficient (Wildman–Crippen LogP) is 1.16. The fraction of sp³-hybridized carbons (Fsp3) is 0.200. The van der Waals surface area contributed by atoms with E-state index in [0.717, 1.165) is 3.57 Å². The van der Waals surface area contributed by atoms with Crippen LogP contribution < -0.4 is 11.1 Å². The number of halogens is 1. The van der Waals surface area contributed by atoms with Crippen molar-refractivity contribution >= 4 is 34.3 Å². The molecule has 86 valence electrons. The molecule has 0 fully saturated rings. The maximum absolute atomic E-state index is 11.7. The summed E-state index contributed by atoms with van der Waals surface area (Å²) in [5, 5.41) is 13.9. The van der Waals surface area contributed by atoms with Crippen molar-refractivity contribution in [3.63, 3.8) is 0 Å². The summed E-state index contributed by atoms with van der Waals surface area (Å²) in [6.45, 7) is 1.64. The van der Waals surface area contributed by atoms with Gasteiger partial charge in [0, 0.05) is 9.13 Å². The van der Waals surface area contributed by atoms with Crippen molar-refractivity contribution in [2.24, 2.45) is 10.9 Å². The standard InChI is InChI=1S/C10H12IN3O2/c1-6(9(12)14-16)13-10(15)7-2-4-8(11)5-3-7/h2-6,16H,1H3,(H2,12,14)(H,13,15). The molecule has 1 rings (SSSR count). The van der Waals surface area contributed by atoms with E-state index in [1.807, 2.05) is 12.1 Å². The summed E-state index contributed by atoms with van der Waals surface area (Å²) < 4.78 is 1.05. The van der Waals surface area contributed by atoms with E-state index in [4.69, 9.17) is 10.9 Å². The Morgan fingerprint density at radius 3 is 2.56 bits per heavy atom. The number of carbonyl (C=O) groups excluding carboxylic acids is 1. The summed E-state index contributed by atoms with van der Waals surface area (Å²) in [4.78, 5) is 11.7. The van der Waals surface area contributed by atoms with Gasteiger partial charge in [0.25, 0.3) is 5.91 Å². The Labute approximate surface area is 107 Å². The van der Waals surface area contributed by atoms with Crippen molar-refractivity contribution in [1.82, 2.24) is 5.32 Å². The van der Waals surface area contributed by atoms with E-state index >= 15 is 0 Å². The van der Waals surface area contributed by atoms with Gasteiger partial charge in [-0.1, -0.05) is 5.16 Å². The number of hydrogen-bond donors (Lipinski definition) is 3. The molecule has 0 spiro atoms. The molecular formula is C10H12IN3O2. The first-order valence-corrected chi connectivity index (χ1v) is 5.66. The maximum atomic E-state index is 11.7. The van der Waals surface area contributed by atoms with Crippen LogP contribution in [-0.4, -0.2) is 23.0 Å². The van der Waals surface area contributed by atoms with Gasteiger partial charge in [-0.3, -0.25) is 4.79 Å². The van der Waals surface area contributed by atoms with Gasteiger partial charge in [0.2, 0.25) is 0 Å². The molecule has 5 nitrogen and oxygen atoms in total. The van der Waals surface area contributed by atoms with Gasteiger partial charge in [-0.15, -0.1) is 0 Å². The zero-order valence-corrected chi connectivity index (χ0v) is 10.8. The van der Waals surface area contributed by atoms with E-state index < -0.39 is 6.04 Å². The first-order valence-electron chi connectivity index (χ1n) is 4.58. The molecule has 0 heterocycles. The molecule has 6 heteroatoms. The molecule has 0 saturated carbocycles. The molecule has 0 aliphatic carbocycles. The third-order valence-electron chi connectivity index (χ3n) is 2.01. The second kappa shape index (κ2) is 5.69. The SMILES string of the molecule is CC(NC(=O)c1ccc(I)cc1)/C(N)=N/O. The molecule has 16 heavy (non-hydrogen) atoms. The van der Waals surface area contributed by atoms with Crippen LogP contribution in [0.3, 0.4) is 0 Å². The lowest BCUT2D eigenvalue weighted by Gasteiger charge is -2.11. The molecule has 0 bridgehead atoms. The lowest BCUT2D eigenvalue weighted by atomic mass is 10.2. The van der Waals surface area contributed by atoms with E-state index in [9.17, 15) is 4.79 Å². The van der Waals surface area contributed by atoms with Gasteiger partial charge in [-0.05, 0) is 53.8 Å². The van der Waals surface area contributed by atoms with Crippen molar-refractivity contribution in [2.45, 2.75) is 13.0 Å². The molecule has 0 radical (unpaired) electrons. The molecule has 0 aromatic heterocycles. The monoisotopic (exact) mass is 333 g/mol. The number of amidine groups is 1. The number of nitrogens with two attached hydrogens (primary N) is 1. The van der Waals surface area contributed by atoms with Gasteiger partial charge in [-0.25, -0.2) is 0 Å². The van der Waals surface area contributed by atoms with Crippen LogP contribution in [0.25, 0.3) is 0 Å². The fourth-order valence-corrected chi connectivity index (χ4v) is 1.40. The second-order valence-electron chi connectivity index (χ2n) is 3.23. The number of oxime groups is 1. The Morgan fingerprint density at radius 1 is 1.50 bits per heavy atom. The number of nitrogens with zero attached hydrogens (tertiary/aromatic N) is 1. The topological polar surface area (TPSA) is 87.7 Å². The summed E-state index contributed by atoms with van der Waals surface area (Å²) in [5.74, 6) is -0.283. The van der Waals surface area contributed by atoms with Gasteiger partial charge < -0.3 is 16.3 Å². The number of amides is 1. The zero-order valence-electron chi connectivity index (χ0n) is 8.64. The lowest BCUT2D eigenvalue weighted by Crippen LogP contribution is -2.42. The highest BCUT2D eigenvalue weighted by molar-refractivity contribution is 14.1. The smallest absolute Gasteiger partial charge is 0.251 e. The van der Waals surface area contributed by atoms with Crippen molar-refractivity contribution in [3.8, 4) is 0 Å². The highest BCUT2D eigenvalue weighted by Crippen LogP contribution is 2.06. The average molecular weight is 333 g/mol. The second-order valence-corrected chi connectivity index (χ2v) is 4.47. The van der Waals surface area contributed by atoms with Crippen LogP contribution in [0, 0.1) is 3.57 Å². The van der Waals surface area contributed by atoms with Crippen molar-refractivity contribution in [2.75, 3.05) is 0 Å². The Kier molecular flexibility index (Phi) is 4.53. The molecule has 1 amide bonds. The molecule has 4 N–H and O–H groups in total. The third-order valence-corrected chi connectivity index (χ3v) is 2.73. The number of rotatable bonds is 3. The molecular weight excluding hydrogens is 321 g/mol. The molecule has 1 aromatic rings. The quantitative estimate of drug-likeness (QED) is 0.255. The van der Waals surface area contributed by atoms with Gasteiger partial charge in [-0.2, -0.15) is 0 Å². The largest absolute Gasteiger partial charge is 0.409 e. The normalized spacial score (nSPS) is 13.2. The first kappa shape index (κ1) is 12.8. The number of nitrogens with one attached hydrogen (secondary N) is 1. The Hall–Kier alpha value is -1.31. The third kappa shape index (κ3) is 3.37. The van der Waals surface area contributed by atoms with E-state index in [-0.39, 0.29) is 11.7 Å². The molecule has 1 aromatic carbocycles. The zero-order chi connectivity index (χ0) is 12.1. The van der Waals surface area contributed by atoms with Gasteiger partial charge in [0.05, 0.1) is 6.04 Å². The van der Waals surface area contributed by atoms with Crippen LogP contribution in [-0.2, 0) is 0 Å². The maximum Gasteiger partial charge on any atom is 0.251 e. The van der Waals surface area contributed by atoms with E-state index in [1.165, 1.54) is 0 Å². The van der Waals surface area contributed by atoms with E-state index in [0.29, 0.717) is 5.56 Å². The van der Waals surface area contributed by atoms with Crippen molar-refractivity contribution < 1.29 is 10.0 Å². The van der Waals surface area contributed by atoms with Crippen LogP contribution in [0.15, 0.2) is 29.4 Å². The van der Waals surface area contributed by atoms with Gasteiger partial charge in [0.1, 0.15) is 0 Å². The van der Waals surface area contributed by atoms with Crippen LogP contribution in [0.1, 0.15) is 17.3 Å². The predicted molar refractivity (Wildman–Crippen MR) is 69.5 cm³/mol. The minimum Gasteiger partial charge on any atom is -0.409 e. The summed E-state index contributed by atoms with van der Waals surface area (Å²) in [7, 11) is 0. The molecule has 1 atom stereocenters. The summed E-state index contributed by atoms with van der Waals surface area (Å²) in [6.07, 6.45) is 0. The van der Waals surface area contributed by atoms with Crippen LogP contribution in [0.2, 0.25) is 0 Å². The average Bonchev–Trinajstić information content (AvgIpc) is 2.28. The van der Waals surface area contributed by atoms with Crippen LogP contribution >= 0.6 is 22.6 Å². The minimum absolute atomic E-state index is 0.0288. The van der Waals surface area contributed by atoms with Crippen LogP contribution in [0.4, 0.5) is 0 Å². The molecule has 1 unspecified atom stereocenters. The van der Waals surface area contributed by atoms with Gasteiger partial charge >= 0.3 is 0 Å². The number of hydrogen-bond acceptors (Lipinski definition) is 3. The van der Waals surface area contributed by atoms with Crippen LogP contribution in [0.5, 0.6) is 0 Å². The lowest BCUT2D eigenvalue weighted by molar-refractivity contribution is 0.0948. The minimum atomic E-state index is -0.503. The fourth-order valence-electron chi connectivity index (χ4n) is 1.04. The summed E-state index contributed by atoms with van der Waals surface area (Å²) in [6, 6.07) is 6.61. The first-order chi connectivity index (χ1) is 7.54. The Bertz CT molecular complexity index is 403. The Balaban J connectivity index is 2.69. The highest BCUT2D eigenvalue weighted by Gasteiger charge is 2.12. The van der Waals surface area contributed by atoms with Crippen molar-refractivity contribution in [3.05, 3.63) is 33.4 Å². The van der Waals surface area contributed by atoms with E-state index in [1.54, 1.807) is 19.1 Å². The number of carbonyl (C=O) groups is 1. The summed E-state index contributed by atoms with van der Waals surface area (Å²) >= 11 is 2.16. The number of benzene rings is 1. The van der Waals surface area contributed by atoms with E-state index in [2.05, 4.69) is 33.1 Å². The molecule has 0 saturated heterocycles. The molecule has 0 aliphatic heterocycles. The van der Waals surface area contributed by atoms with Crippen molar-refractivity contribution in [1.29, 1.82) is 0 Å². The highest BCUT2D eigenvalue weighted by atomic mass is 127. The van der Waals surface area contributed by atoms with Gasteiger partial charge in [0.15, 0.2) is 5.84 Å². The Morgan fingerprint density at radius 2 is 2.06 bits per heavy atom.